The van der Waals surface area contributed by atoms with E-state index in [1.807, 2.05) is 20.0 Å². The minimum absolute atomic E-state index is 0.0571. The van der Waals surface area contributed by atoms with Gasteiger partial charge in [0.2, 0.25) is 11.8 Å². The van der Waals surface area contributed by atoms with Gasteiger partial charge in [-0.15, -0.1) is 0 Å². The first-order valence-electron chi connectivity index (χ1n) is 21.2. The van der Waals surface area contributed by atoms with Gasteiger partial charge in [0.05, 0.1) is 30.7 Å². The van der Waals surface area contributed by atoms with E-state index in [1.54, 1.807) is 4.90 Å². The Morgan fingerprint density at radius 1 is 0.932 bits per heavy atom. The first-order chi connectivity index (χ1) is 28.5. The Labute approximate surface area is 346 Å². The topological polar surface area (TPSA) is 194 Å². The molecule has 2 aromatic heterocycles. The van der Waals surface area contributed by atoms with Gasteiger partial charge in [-0.25, -0.2) is 19.6 Å². The molecule has 3 heterocycles. The van der Waals surface area contributed by atoms with Crippen LogP contribution in [0.15, 0.2) is 48.7 Å². The second-order valence-corrected chi connectivity index (χ2v) is 16.3. The number of H-pyrrole nitrogens is 2. The van der Waals surface area contributed by atoms with Crippen LogP contribution in [0.3, 0.4) is 0 Å². The van der Waals surface area contributed by atoms with E-state index in [0.717, 1.165) is 109 Å². The third-order valence-corrected chi connectivity index (χ3v) is 11.8. The Morgan fingerprint density at radius 2 is 1.66 bits per heavy atom. The van der Waals surface area contributed by atoms with E-state index in [9.17, 15) is 19.2 Å². The summed E-state index contributed by atoms with van der Waals surface area (Å²) in [6.45, 7) is 8.99. The number of methoxy groups -OCH3 is 1. The summed E-state index contributed by atoms with van der Waals surface area (Å²) in [6.07, 6.45) is 9.86. The number of hydrogen-bond donors (Lipinski definition) is 6. The molecule has 2 unspecified atom stereocenters. The number of rotatable bonds is 13. The van der Waals surface area contributed by atoms with Crippen LogP contribution in [-0.4, -0.2) is 86.7 Å². The van der Waals surface area contributed by atoms with Gasteiger partial charge >= 0.3 is 12.2 Å². The van der Waals surface area contributed by atoms with E-state index in [0.29, 0.717) is 24.9 Å². The van der Waals surface area contributed by atoms with Crippen LogP contribution in [0.25, 0.3) is 33.6 Å². The molecule has 4 amide bonds. The Morgan fingerprint density at radius 3 is 2.39 bits per heavy atom. The number of ether oxygens (including phenoxy) is 1. The van der Waals surface area contributed by atoms with Crippen LogP contribution < -0.4 is 16.0 Å². The van der Waals surface area contributed by atoms with E-state index in [1.165, 1.54) is 19.1 Å². The first-order valence-corrected chi connectivity index (χ1v) is 21.2. The molecular weight excluding hydrogens is 749 g/mol. The van der Waals surface area contributed by atoms with Crippen LogP contribution in [0.2, 0.25) is 0 Å². The van der Waals surface area contributed by atoms with Crippen LogP contribution in [0, 0.1) is 17.8 Å². The van der Waals surface area contributed by atoms with Crippen molar-refractivity contribution >= 4 is 24.0 Å². The molecule has 2 aromatic carbocycles. The molecule has 3 aliphatic rings. The highest BCUT2D eigenvalue weighted by molar-refractivity contribution is 5.86. The molecule has 1 aliphatic heterocycles. The summed E-state index contributed by atoms with van der Waals surface area (Å²) >= 11 is 0. The lowest BCUT2D eigenvalue weighted by atomic mass is 9.89. The third kappa shape index (κ3) is 10.5. The largest absolute Gasteiger partial charge is 0.465 e. The molecule has 14 nitrogen and oxygen atoms in total. The lowest BCUT2D eigenvalue weighted by Crippen LogP contribution is -2.50. The molecule has 6 N–H and O–H groups in total. The number of imidazole rings is 2. The summed E-state index contributed by atoms with van der Waals surface area (Å²) in [5.74, 6) is 2.14. The zero-order valence-corrected chi connectivity index (χ0v) is 35.0. The van der Waals surface area contributed by atoms with Crippen LogP contribution in [0.1, 0.15) is 102 Å². The van der Waals surface area contributed by atoms with Gasteiger partial charge in [-0.05, 0) is 78.5 Å². The fourth-order valence-corrected chi connectivity index (χ4v) is 8.69. The molecule has 4 atom stereocenters. The summed E-state index contributed by atoms with van der Waals surface area (Å²) in [5.41, 5.74) is 8.66. The second kappa shape index (κ2) is 19.9. The van der Waals surface area contributed by atoms with Gasteiger partial charge in [-0.1, -0.05) is 89.4 Å². The van der Waals surface area contributed by atoms with Crippen molar-refractivity contribution < 1.29 is 29.0 Å². The second-order valence-electron chi connectivity index (χ2n) is 16.3. The molecule has 1 saturated heterocycles. The van der Waals surface area contributed by atoms with Gasteiger partial charge in [0.15, 0.2) is 0 Å². The lowest BCUT2D eigenvalue weighted by Gasteiger charge is -2.24. The van der Waals surface area contributed by atoms with Crippen molar-refractivity contribution in [2.75, 3.05) is 26.7 Å². The van der Waals surface area contributed by atoms with E-state index >= 15 is 0 Å². The van der Waals surface area contributed by atoms with Crippen LogP contribution in [-0.2, 0) is 33.6 Å². The molecule has 316 valence electrons. The molecule has 7 rings (SSSR count). The van der Waals surface area contributed by atoms with Crippen LogP contribution >= 0.6 is 0 Å². The van der Waals surface area contributed by atoms with Crippen molar-refractivity contribution in [1.29, 1.82) is 0 Å². The lowest BCUT2D eigenvalue weighted by molar-refractivity contribution is -0.131. The molecule has 59 heavy (non-hydrogen) atoms. The fourth-order valence-electron chi connectivity index (χ4n) is 8.69. The van der Waals surface area contributed by atoms with E-state index < -0.39 is 18.2 Å². The molecule has 0 spiro atoms. The van der Waals surface area contributed by atoms with Crippen LogP contribution in [0.5, 0.6) is 0 Å². The van der Waals surface area contributed by atoms with Crippen molar-refractivity contribution in [2.45, 2.75) is 104 Å². The summed E-state index contributed by atoms with van der Waals surface area (Å²) in [4.78, 5) is 66.8. The molecule has 14 heteroatoms. The molecular formula is C45H60N8O6. The number of fused-ring (bicyclic) bond motifs is 3. The number of nitrogens with one attached hydrogen (secondary N) is 5. The molecule has 0 bridgehead atoms. The molecule has 2 fully saturated rings. The van der Waals surface area contributed by atoms with Crippen molar-refractivity contribution in [3.8, 4) is 33.6 Å². The van der Waals surface area contributed by atoms with Gasteiger partial charge < -0.3 is 40.7 Å². The minimum atomic E-state index is -1.21. The Hall–Kier alpha value is -5.66. The first kappa shape index (κ1) is 42.9. The Balaban J connectivity index is 0.00000189. The number of aromatic nitrogens is 4. The maximum absolute atomic E-state index is 12.9. The summed E-state index contributed by atoms with van der Waals surface area (Å²) in [5, 5.41) is 16.9. The predicted molar refractivity (Wildman–Crippen MR) is 226 cm³/mol. The highest BCUT2D eigenvalue weighted by Crippen LogP contribution is 2.39. The van der Waals surface area contributed by atoms with Crippen molar-refractivity contribution in [1.82, 2.24) is 40.8 Å². The summed E-state index contributed by atoms with van der Waals surface area (Å²) < 4.78 is 4.70. The quantitative estimate of drug-likeness (QED) is 0.0803. The summed E-state index contributed by atoms with van der Waals surface area (Å²) in [7, 11) is 1.30. The SMILES string of the molecule is CCC.COC(=O)N[C@H](C(=O)NCC1CCCC1CCc1ncc(-c2ccc(-c3ccc4c(c3)CCc3[nH]c([C@@H]5CCCN5C(=O)CNC(=O)O)nc3-4)cc2)[nH]1)C(C)C. The zero-order valence-electron chi connectivity index (χ0n) is 35.0. The predicted octanol–water partition coefficient (Wildman–Crippen LogP) is 7.43. The maximum Gasteiger partial charge on any atom is 0.407 e. The summed E-state index contributed by atoms with van der Waals surface area (Å²) in [6, 6.07) is 14.2. The van der Waals surface area contributed by atoms with Gasteiger partial charge in [-0.2, -0.15) is 0 Å². The van der Waals surface area contributed by atoms with Gasteiger partial charge in [-0.3, -0.25) is 9.59 Å². The molecule has 1 saturated carbocycles. The third-order valence-electron chi connectivity index (χ3n) is 11.8. The Kier molecular flexibility index (Phi) is 14.5. The number of carbonyl (C=O) groups excluding carboxylic acids is 3. The fraction of sp³-hybridized carbons (Fsp3) is 0.511. The zero-order chi connectivity index (χ0) is 42.1. The maximum atomic E-state index is 12.9. The van der Waals surface area contributed by atoms with E-state index in [4.69, 9.17) is 19.8 Å². The number of aryl methyl sites for hydroxylation is 3. The number of hydrogen-bond acceptors (Lipinski definition) is 7. The van der Waals surface area contributed by atoms with Crippen molar-refractivity contribution in [3.63, 3.8) is 0 Å². The number of nitrogens with zero attached hydrogens (tertiary/aromatic N) is 3. The average molecular weight is 809 g/mol. The molecule has 2 aliphatic carbocycles. The smallest absolute Gasteiger partial charge is 0.407 e. The molecule has 4 aromatic rings. The van der Waals surface area contributed by atoms with E-state index in [-0.39, 0.29) is 30.3 Å². The minimum Gasteiger partial charge on any atom is -0.465 e. The van der Waals surface area contributed by atoms with Crippen molar-refractivity contribution in [2.24, 2.45) is 17.8 Å². The van der Waals surface area contributed by atoms with Crippen molar-refractivity contribution in [3.05, 3.63) is 71.6 Å². The van der Waals surface area contributed by atoms with E-state index in [2.05, 4.69) is 82.2 Å². The van der Waals surface area contributed by atoms with Gasteiger partial charge in [0.25, 0.3) is 0 Å². The molecule has 0 radical (unpaired) electrons. The van der Waals surface area contributed by atoms with Gasteiger partial charge in [0.1, 0.15) is 24.2 Å². The van der Waals surface area contributed by atoms with Crippen LogP contribution in [0.4, 0.5) is 9.59 Å². The highest BCUT2D eigenvalue weighted by atomic mass is 16.5. The number of amides is 4. The van der Waals surface area contributed by atoms with Gasteiger partial charge in [0, 0.05) is 30.8 Å². The number of likely N-dealkylation sites (tertiary alicyclic amines) is 1. The number of alkyl carbamates (subject to hydrolysis) is 1. The number of carboxylic acid groups (broad SMARTS) is 1. The number of aromatic amines is 2. The average Bonchev–Trinajstić information content (AvgIpc) is 4.07. The normalized spacial score (nSPS) is 18.6. The number of benzene rings is 2. The Bertz CT molecular complexity index is 2070. The number of carbonyl (C=O) groups is 4. The highest BCUT2D eigenvalue weighted by Gasteiger charge is 2.34. The standard InChI is InChI=1S/C42H52N8O6.C3H8/c1-24(2)37(49-42(55)56-3)40(52)44-21-30-7-4-6-25(30)15-18-35-43-22-33(46-35)27-11-9-26(10-12-27)28-13-16-31-29(20-28)14-17-32-38(31)48-39(47-32)34-8-5-19-50(34)36(51)23-45-41(53)54;1-3-2/h9-13,16,20,22,24-25,30,34,37,45H,4-8,14-15,17-19,21,23H2,1-3H3,(H,43,46)(H,44,52)(H,47,48)(H,49,55)(H,53,54);3H2,1-2H3/t25?,30?,34-,37-;/m0./s1. The monoisotopic (exact) mass is 808 g/mol.